The first-order chi connectivity index (χ1) is 8.80. The van der Waals surface area contributed by atoms with Gasteiger partial charge in [0, 0.05) is 19.2 Å². The summed E-state index contributed by atoms with van der Waals surface area (Å²) in [4.78, 5) is 2.72. The predicted octanol–water partition coefficient (Wildman–Crippen LogP) is 2.54. The van der Waals surface area contributed by atoms with Crippen LogP contribution in [0.4, 0.5) is 0 Å². The Labute approximate surface area is 112 Å². The summed E-state index contributed by atoms with van der Waals surface area (Å²) in [6.07, 6.45) is 12.2. The maximum Gasteiger partial charge on any atom is 0.0572 e. The van der Waals surface area contributed by atoms with Crippen molar-refractivity contribution in [1.29, 1.82) is 0 Å². The van der Waals surface area contributed by atoms with Crippen LogP contribution < -0.4 is 5.73 Å². The third kappa shape index (κ3) is 3.25. The first kappa shape index (κ1) is 14.3. The van der Waals surface area contributed by atoms with Crippen molar-refractivity contribution in [2.45, 2.75) is 69.4 Å². The van der Waals surface area contributed by atoms with Crippen molar-refractivity contribution in [2.24, 2.45) is 5.73 Å². The minimum atomic E-state index is 0.284. The van der Waals surface area contributed by atoms with Crippen LogP contribution in [-0.4, -0.2) is 43.3 Å². The Hall–Kier alpha value is -0.120. The van der Waals surface area contributed by atoms with Crippen LogP contribution in [0.3, 0.4) is 0 Å². The predicted molar refractivity (Wildman–Crippen MR) is 75.7 cm³/mol. The Bertz CT molecular complexity index is 229. The van der Waals surface area contributed by atoms with E-state index in [-0.39, 0.29) is 5.54 Å². The monoisotopic (exact) mass is 254 g/mol. The average molecular weight is 254 g/mol. The van der Waals surface area contributed by atoms with E-state index in [9.17, 15) is 0 Å². The van der Waals surface area contributed by atoms with Crippen LogP contribution in [0.15, 0.2) is 0 Å². The molecule has 0 amide bonds. The van der Waals surface area contributed by atoms with Gasteiger partial charge in [-0.2, -0.15) is 0 Å². The van der Waals surface area contributed by atoms with Gasteiger partial charge in [0.2, 0.25) is 0 Å². The Morgan fingerprint density at radius 2 is 1.61 bits per heavy atom. The van der Waals surface area contributed by atoms with Gasteiger partial charge in [-0.25, -0.2) is 0 Å². The van der Waals surface area contributed by atoms with Crippen molar-refractivity contribution in [3.8, 4) is 0 Å². The van der Waals surface area contributed by atoms with E-state index < -0.39 is 0 Å². The molecule has 2 rings (SSSR count). The fraction of sp³-hybridized carbons (Fsp3) is 1.00. The summed E-state index contributed by atoms with van der Waals surface area (Å²) in [7, 11) is 1.84. The van der Waals surface area contributed by atoms with Crippen LogP contribution in [0.5, 0.6) is 0 Å². The van der Waals surface area contributed by atoms with Gasteiger partial charge in [-0.15, -0.1) is 0 Å². The van der Waals surface area contributed by atoms with E-state index in [2.05, 4.69) is 4.90 Å². The van der Waals surface area contributed by atoms with Crippen molar-refractivity contribution in [3.05, 3.63) is 0 Å². The van der Waals surface area contributed by atoms with E-state index in [1.165, 1.54) is 70.9 Å². The number of rotatable bonds is 3. The first-order valence-corrected chi connectivity index (χ1v) is 7.79. The van der Waals surface area contributed by atoms with E-state index in [1.54, 1.807) is 0 Å². The van der Waals surface area contributed by atoms with Crippen molar-refractivity contribution in [2.75, 3.05) is 26.7 Å². The van der Waals surface area contributed by atoms with Gasteiger partial charge in [0.1, 0.15) is 0 Å². The molecule has 0 aromatic rings. The number of ether oxygens (including phenoxy) is 1. The van der Waals surface area contributed by atoms with Crippen molar-refractivity contribution in [3.63, 3.8) is 0 Å². The zero-order valence-corrected chi connectivity index (χ0v) is 12.0. The molecule has 0 bridgehead atoms. The molecule has 1 aliphatic heterocycles. The number of nitrogens with zero attached hydrogens (tertiary/aromatic N) is 1. The summed E-state index contributed by atoms with van der Waals surface area (Å²) in [5.74, 6) is 0. The van der Waals surface area contributed by atoms with Crippen LogP contribution in [0.2, 0.25) is 0 Å². The Kier molecular flexibility index (Phi) is 5.46. The quantitative estimate of drug-likeness (QED) is 0.841. The Morgan fingerprint density at radius 3 is 2.11 bits per heavy atom. The number of methoxy groups -OCH3 is 1. The molecule has 0 radical (unpaired) electrons. The molecule has 1 aliphatic carbocycles. The SMILES string of the molecule is COC1CCC(CN)(N2CCCCCCC2)CC1. The van der Waals surface area contributed by atoms with Crippen molar-refractivity contribution < 1.29 is 4.74 Å². The second-order valence-corrected chi connectivity index (χ2v) is 6.12. The van der Waals surface area contributed by atoms with Crippen molar-refractivity contribution in [1.82, 2.24) is 4.90 Å². The molecule has 0 aromatic carbocycles. The third-order valence-electron chi connectivity index (χ3n) is 5.10. The lowest BCUT2D eigenvalue weighted by Gasteiger charge is -2.48. The van der Waals surface area contributed by atoms with Crippen LogP contribution >= 0.6 is 0 Å². The maximum atomic E-state index is 6.16. The highest BCUT2D eigenvalue weighted by molar-refractivity contribution is 4.96. The smallest absolute Gasteiger partial charge is 0.0572 e. The number of hydrogen-bond donors (Lipinski definition) is 1. The van der Waals surface area contributed by atoms with Crippen LogP contribution in [0, 0.1) is 0 Å². The minimum Gasteiger partial charge on any atom is -0.381 e. The van der Waals surface area contributed by atoms with Crippen LogP contribution in [0.25, 0.3) is 0 Å². The van der Waals surface area contributed by atoms with Crippen LogP contribution in [0.1, 0.15) is 57.8 Å². The molecule has 1 saturated heterocycles. The van der Waals surface area contributed by atoms with E-state index in [0.29, 0.717) is 6.10 Å². The van der Waals surface area contributed by atoms with Gasteiger partial charge in [0.15, 0.2) is 0 Å². The molecule has 3 heteroatoms. The molecule has 0 unspecified atom stereocenters. The highest BCUT2D eigenvalue weighted by Gasteiger charge is 2.38. The standard InChI is InChI=1S/C15H30N2O/c1-18-14-7-9-15(13-16,10-8-14)17-11-5-3-2-4-6-12-17/h14H,2-13,16H2,1H3. The lowest BCUT2D eigenvalue weighted by molar-refractivity contribution is -0.00984. The molecule has 1 saturated carbocycles. The fourth-order valence-electron chi connectivity index (χ4n) is 3.74. The molecular formula is C15H30N2O. The molecule has 2 N–H and O–H groups in total. The van der Waals surface area contributed by atoms with Gasteiger partial charge in [0.05, 0.1) is 6.10 Å². The van der Waals surface area contributed by atoms with Gasteiger partial charge < -0.3 is 10.5 Å². The number of nitrogens with two attached hydrogens (primary N) is 1. The zero-order chi connectivity index (χ0) is 12.8. The molecule has 1 heterocycles. The van der Waals surface area contributed by atoms with Crippen LogP contribution in [-0.2, 0) is 4.74 Å². The number of hydrogen-bond acceptors (Lipinski definition) is 3. The summed E-state index contributed by atoms with van der Waals surface area (Å²) >= 11 is 0. The van der Waals surface area contributed by atoms with E-state index in [4.69, 9.17) is 10.5 Å². The molecule has 18 heavy (non-hydrogen) atoms. The lowest BCUT2D eigenvalue weighted by Crippen LogP contribution is -2.57. The molecule has 2 aliphatic rings. The van der Waals surface area contributed by atoms with Crippen molar-refractivity contribution >= 4 is 0 Å². The maximum absolute atomic E-state index is 6.16. The highest BCUT2D eigenvalue weighted by atomic mass is 16.5. The van der Waals surface area contributed by atoms with Gasteiger partial charge in [-0.3, -0.25) is 4.90 Å². The molecule has 0 spiro atoms. The fourth-order valence-corrected chi connectivity index (χ4v) is 3.74. The first-order valence-electron chi connectivity index (χ1n) is 7.79. The summed E-state index contributed by atoms with van der Waals surface area (Å²) in [6, 6.07) is 0. The molecule has 0 atom stereocenters. The molecular weight excluding hydrogens is 224 g/mol. The minimum absolute atomic E-state index is 0.284. The van der Waals surface area contributed by atoms with E-state index >= 15 is 0 Å². The summed E-state index contributed by atoms with van der Waals surface area (Å²) < 4.78 is 5.50. The Balaban J connectivity index is 1.97. The number of likely N-dealkylation sites (tertiary alicyclic amines) is 1. The topological polar surface area (TPSA) is 38.5 Å². The van der Waals surface area contributed by atoms with E-state index in [1.807, 2.05) is 7.11 Å². The second kappa shape index (κ2) is 6.88. The van der Waals surface area contributed by atoms with Gasteiger partial charge in [0.25, 0.3) is 0 Å². The van der Waals surface area contributed by atoms with Gasteiger partial charge in [-0.05, 0) is 51.6 Å². The lowest BCUT2D eigenvalue weighted by atomic mass is 9.78. The molecule has 3 nitrogen and oxygen atoms in total. The van der Waals surface area contributed by atoms with Gasteiger partial charge >= 0.3 is 0 Å². The van der Waals surface area contributed by atoms with E-state index in [0.717, 1.165) is 6.54 Å². The summed E-state index contributed by atoms with van der Waals surface area (Å²) in [5.41, 5.74) is 6.45. The highest BCUT2D eigenvalue weighted by Crippen LogP contribution is 2.35. The Morgan fingerprint density at radius 1 is 1.06 bits per heavy atom. The summed E-state index contributed by atoms with van der Waals surface area (Å²) in [6.45, 7) is 3.34. The second-order valence-electron chi connectivity index (χ2n) is 6.12. The molecule has 106 valence electrons. The largest absolute Gasteiger partial charge is 0.381 e. The molecule has 2 fully saturated rings. The average Bonchev–Trinajstić information content (AvgIpc) is 2.38. The zero-order valence-electron chi connectivity index (χ0n) is 12.0. The molecule has 0 aromatic heterocycles. The summed E-state index contributed by atoms with van der Waals surface area (Å²) in [5, 5.41) is 0. The van der Waals surface area contributed by atoms with Gasteiger partial charge in [-0.1, -0.05) is 19.3 Å². The normalized spacial score (nSPS) is 36.0. The third-order valence-corrected chi connectivity index (χ3v) is 5.10.